The van der Waals surface area contributed by atoms with E-state index in [0.717, 1.165) is 44.9 Å². The molecule has 0 aromatic rings. The molecule has 2 unspecified atom stereocenters. The average molecular weight is 210 g/mol. The standard InChI is InChI=1S/C13H22O2/c14-12-6-1-4-10-5-2-7-13(15,11(10)12)9-3-8-12/h10-11,14-15H,1-9H2. The van der Waals surface area contributed by atoms with Gasteiger partial charge in [0.15, 0.2) is 0 Å². The maximum absolute atomic E-state index is 10.7. The van der Waals surface area contributed by atoms with Crippen LogP contribution in [0.4, 0.5) is 0 Å². The Morgan fingerprint density at radius 2 is 1.20 bits per heavy atom. The molecule has 0 aromatic heterocycles. The number of aliphatic hydroxyl groups is 2. The minimum atomic E-state index is -0.518. The minimum absolute atomic E-state index is 0.196. The highest BCUT2D eigenvalue weighted by Crippen LogP contribution is 2.56. The van der Waals surface area contributed by atoms with Gasteiger partial charge in [0.1, 0.15) is 0 Å². The molecule has 3 rings (SSSR count). The van der Waals surface area contributed by atoms with Gasteiger partial charge >= 0.3 is 0 Å². The molecule has 15 heavy (non-hydrogen) atoms. The van der Waals surface area contributed by atoms with Gasteiger partial charge in [0.05, 0.1) is 11.2 Å². The molecule has 2 nitrogen and oxygen atoms in total. The molecule has 0 amide bonds. The van der Waals surface area contributed by atoms with Gasteiger partial charge in [0.2, 0.25) is 0 Å². The molecule has 2 heteroatoms. The zero-order valence-corrected chi connectivity index (χ0v) is 9.41. The monoisotopic (exact) mass is 210 g/mol. The van der Waals surface area contributed by atoms with E-state index >= 15 is 0 Å². The predicted octanol–water partition coefficient (Wildman–Crippen LogP) is 2.23. The van der Waals surface area contributed by atoms with Crippen LogP contribution >= 0.6 is 0 Å². The third kappa shape index (κ3) is 1.38. The van der Waals surface area contributed by atoms with Gasteiger partial charge in [0, 0.05) is 5.92 Å². The Hall–Kier alpha value is -0.0800. The molecule has 0 aromatic carbocycles. The van der Waals surface area contributed by atoms with Gasteiger partial charge in [-0.2, -0.15) is 0 Å². The molecule has 3 aliphatic carbocycles. The molecule has 2 atom stereocenters. The van der Waals surface area contributed by atoms with E-state index < -0.39 is 11.2 Å². The highest BCUT2D eigenvalue weighted by molar-refractivity contribution is 5.09. The van der Waals surface area contributed by atoms with E-state index in [1.807, 2.05) is 0 Å². The summed E-state index contributed by atoms with van der Waals surface area (Å²) in [7, 11) is 0. The van der Waals surface area contributed by atoms with E-state index in [9.17, 15) is 10.2 Å². The molecule has 0 bridgehead atoms. The molecule has 0 radical (unpaired) electrons. The number of hydrogen-bond donors (Lipinski definition) is 2. The Balaban J connectivity index is 1.97. The van der Waals surface area contributed by atoms with Gasteiger partial charge in [0.25, 0.3) is 0 Å². The van der Waals surface area contributed by atoms with Crippen molar-refractivity contribution < 1.29 is 10.2 Å². The summed E-state index contributed by atoms with van der Waals surface area (Å²) in [6.45, 7) is 0. The van der Waals surface area contributed by atoms with Gasteiger partial charge in [-0.15, -0.1) is 0 Å². The van der Waals surface area contributed by atoms with E-state index in [1.165, 1.54) is 12.8 Å². The summed E-state index contributed by atoms with van der Waals surface area (Å²) in [4.78, 5) is 0. The van der Waals surface area contributed by atoms with E-state index in [-0.39, 0.29) is 5.92 Å². The molecule has 0 heterocycles. The Kier molecular flexibility index (Phi) is 2.16. The molecule has 86 valence electrons. The normalized spacial score (nSPS) is 54.8. The van der Waals surface area contributed by atoms with Crippen molar-refractivity contribution in [2.75, 3.05) is 0 Å². The van der Waals surface area contributed by atoms with Crippen LogP contribution in [0.2, 0.25) is 0 Å². The fourth-order valence-electron chi connectivity index (χ4n) is 4.77. The van der Waals surface area contributed by atoms with Crippen LogP contribution in [0.5, 0.6) is 0 Å². The van der Waals surface area contributed by atoms with Crippen molar-refractivity contribution in [1.29, 1.82) is 0 Å². The van der Waals surface area contributed by atoms with Crippen molar-refractivity contribution >= 4 is 0 Å². The molecule has 2 N–H and O–H groups in total. The molecule has 3 aliphatic rings. The van der Waals surface area contributed by atoms with Crippen molar-refractivity contribution in [2.24, 2.45) is 11.8 Å². The maximum atomic E-state index is 10.7. The molecule has 0 saturated heterocycles. The van der Waals surface area contributed by atoms with E-state index in [0.29, 0.717) is 5.92 Å². The molecule has 3 saturated carbocycles. The van der Waals surface area contributed by atoms with Crippen LogP contribution in [0.15, 0.2) is 0 Å². The van der Waals surface area contributed by atoms with Gasteiger partial charge in [-0.05, 0) is 50.9 Å². The van der Waals surface area contributed by atoms with Crippen LogP contribution in [-0.4, -0.2) is 21.4 Å². The van der Waals surface area contributed by atoms with Crippen LogP contribution in [0.3, 0.4) is 0 Å². The van der Waals surface area contributed by atoms with E-state index in [2.05, 4.69) is 0 Å². The minimum Gasteiger partial charge on any atom is -0.389 e. The van der Waals surface area contributed by atoms with Crippen molar-refractivity contribution in [3.8, 4) is 0 Å². The van der Waals surface area contributed by atoms with E-state index in [4.69, 9.17) is 0 Å². The summed E-state index contributed by atoms with van der Waals surface area (Å²) < 4.78 is 0. The van der Waals surface area contributed by atoms with Crippen LogP contribution in [0.1, 0.15) is 57.8 Å². The van der Waals surface area contributed by atoms with Crippen LogP contribution in [-0.2, 0) is 0 Å². The summed E-state index contributed by atoms with van der Waals surface area (Å²) in [5.74, 6) is 0.795. The van der Waals surface area contributed by atoms with Gasteiger partial charge in [-0.1, -0.05) is 12.8 Å². The lowest BCUT2D eigenvalue weighted by atomic mass is 9.52. The topological polar surface area (TPSA) is 40.5 Å². The average Bonchev–Trinajstić information content (AvgIpc) is 2.16. The van der Waals surface area contributed by atoms with Gasteiger partial charge < -0.3 is 10.2 Å². The highest BCUT2D eigenvalue weighted by Gasteiger charge is 2.57. The van der Waals surface area contributed by atoms with Crippen molar-refractivity contribution in [2.45, 2.75) is 69.0 Å². The first-order valence-corrected chi connectivity index (χ1v) is 6.59. The summed E-state index contributed by atoms with van der Waals surface area (Å²) >= 11 is 0. The first kappa shape index (κ1) is 10.1. The second-order valence-corrected chi connectivity index (χ2v) is 6.08. The molecular formula is C13H22O2. The van der Waals surface area contributed by atoms with E-state index in [1.54, 1.807) is 0 Å². The zero-order valence-electron chi connectivity index (χ0n) is 9.41. The Labute approximate surface area is 91.7 Å². The Bertz CT molecular complexity index is 233. The summed E-state index contributed by atoms with van der Waals surface area (Å²) in [5, 5.41) is 21.4. The van der Waals surface area contributed by atoms with Crippen molar-refractivity contribution in [3.63, 3.8) is 0 Å². The lowest BCUT2D eigenvalue weighted by molar-refractivity contribution is -0.212. The predicted molar refractivity (Wildman–Crippen MR) is 58.4 cm³/mol. The summed E-state index contributed by atoms with van der Waals surface area (Å²) in [6.07, 6.45) is 9.50. The third-order valence-corrected chi connectivity index (χ3v) is 5.22. The highest BCUT2D eigenvalue weighted by atomic mass is 16.3. The van der Waals surface area contributed by atoms with Gasteiger partial charge in [-0.3, -0.25) is 0 Å². The lowest BCUT2D eigenvalue weighted by Gasteiger charge is -2.58. The van der Waals surface area contributed by atoms with Crippen LogP contribution in [0, 0.1) is 11.8 Å². The summed E-state index contributed by atoms with van der Waals surface area (Å²) in [6, 6.07) is 0. The number of hydrogen-bond acceptors (Lipinski definition) is 2. The second kappa shape index (κ2) is 3.21. The smallest absolute Gasteiger partial charge is 0.0705 e. The first-order chi connectivity index (χ1) is 7.14. The fourth-order valence-corrected chi connectivity index (χ4v) is 4.77. The molecule has 0 spiro atoms. The third-order valence-electron chi connectivity index (χ3n) is 5.22. The first-order valence-electron chi connectivity index (χ1n) is 6.59. The van der Waals surface area contributed by atoms with Crippen molar-refractivity contribution in [3.05, 3.63) is 0 Å². The SMILES string of the molecule is OC12CCCC3CCCC(O)(CCC1)C32. The fraction of sp³-hybridized carbons (Fsp3) is 1.00. The van der Waals surface area contributed by atoms with Crippen molar-refractivity contribution in [1.82, 2.24) is 0 Å². The van der Waals surface area contributed by atoms with Crippen LogP contribution in [0.25, 0.3) is 0 Å². The quantitative estimate of drug-likeness (QED) is 0.643. The number of rotatable bonds is 0. The van der Waals surface area contributed by atoms with Crippen LogP contribution < -0.4 is 0 Å². The Morgan fingerprint density at radius 1 is 0.733 bits per heavy atom. The maximum Gasteiger partial charge on any atom is 0.0705 e. The Morgan fingerprint density at radius 3 is 1.73 bits per heavy atom. The largest absolute Gasteiger partial charge is 0.389 e. The molecule has 3 fully saturated rings. The van der Waals surface area contributed by atoms with Gasteiger partial charge in [-0.25, -0.2) is 0 Å². The lowest BCUT2D eigenvalue weighted by Crippen LogP contribution is -2.61. The zero-order chi connectivity index (χ0) is 10.5. The molecule has 0 aliphatic heterocycles. The summed E-state index contributed by atoms with van der Waals surface area (Å²) in [5.41, 5.74) is -1.04. The molecular weight excluding hydrogens is 188 g/mol. The second-order valence-electron chi connectivity index (χ2n) is 6.08.